The van der Waals surface area contributed by atoms with Crippen LogP contribution < -0.4 is 21.3 Å². The molecule has 2 aliphatic carbocycles. The van der Waals surface area contributed by atoms with Crippen LogP contribution in [0.5, 0.6) is 0 Å². The van der Waals surface area contributed by atoms with Crippen LogP contribution in [0.4, 0.5) is 4.79 Å². The summed E-state index contributed by atoms with van der Waals surface area (Å²) in [6.45, 7) is 9.42. The van der Waals surface area contributed by atoms with Gasteiger partial charge in [0.15, 0.2) is 11.9 Å². The van der Waals surface area contributed by atoms with Gasteiger partial charge < -0.3 is 54.8 Å². The third-order valence-corrected chi connectivity index (χ3v) is 18.5. The summed E-state index contributed by atoms with van der Waals surface area (Å²) in [7, 11) is 0. The Morgan fingerprint density at radius 2 is 1.57 bits per heavy atom. The van der Waals surface area contributed by atoms with Gasteiger partial charge in [0.1, 0.15) is 11.7 Å². The van der Waals surface area contributed by atoms with Crippen molar-refractivity contribution in [3.8, 4) is 0 Å². The van der Waals surface area contributed by atoms with Crippen molar-refractivity contribution in [2.75, 3.05) is 32.1 Å². The molecule has 2 saturated carbocycles. The number of thioether (sulfide) groups is 1. The van der Waals surface area contributed by atoms with Crippen molar-refractivity contribution in [2.45, 2.75) is 151 Å². The van der Waals surface area contributed by atoms with E-state index in [4.69, 9.17) is 28.4 Å². The molecule has 5 N–H and O–H groups in total. The Bertz CT molecular complexity index is 2370. The molecule has 0 aromatic heterocycles. The molecule has 70 heavy (non-hydrogen) atoms. The molecular weight excluding hydrogens is 921 g/mol. The highest BCUT2D eigenvalue weighted by Crippen LogP contribution is 2.85. The van der Waals surface area contributed by atoms with E-state index >= 15 is 0 Å². The van der Waals surface area contributed by atoms with Crippen molar-refractivity contribution < 1.29 is 62.3 Å². The van der Waals surface area contributed by atoms with E-state index in [0.717, 1.165) is 30.6 Å². The maximum absolute atomic E-state index is 14.6. The van der Waals surface area contributed by atoms with Crippen molar-refractivity contribution in [1.82, 2.24) is 21.3 Å². The Kier molecular flexibility index (Phi) is 13.2. The Balaban J connectivity index is 0.710. The average Bonchev–Trinajstić information content (AvgIpc) is 4.19. The zero-order valence-electron chi connectivity index (χ0n) is 40.3. The summed E-state index contributed by atoms with van der Waals surface area (Å²) in [5.74, 6) is -1.55. The molecule has 8 aliphatic rings. The Morgan fingerprint density at radius 1 is 0.871 bits per heavy atom. The lowest BCUT2D eigenvalue weighted by atomic mass is 9.51. The summed E-state index contributed by atoms with van der Waals surface area (Å²) in [5.41, 5.74) is -4.77. The summed E-state index contributed by atoms with van der Waals surface area (Å²) in [5, 5.41) is 25.3. The van der Waals surface area contributed by atoms with Crippen LogP contribution in [-0.4, -0.2) is 132 Å². The normalized spacial score (nSPS) is 37.2. The van der Waals surface area contributed by atoms with E-state index in [-0.39, 0.29) is 67.7 Å². The van der Waals surface area contributed by atoms with Gasteiger partial charge in [0, 0.05) is 54.0 Å². The van der Waals surface area contributed by atoms with Crippen LogP contribution in [0, 0.1) is 28.1 Å². The minimum atomic E-state index is -1.90. The van der Waals surface area contributed by atoms with E-state index in [0.29, 0.717) is 61.8 Å². The summed E-state index contributed by atoms with van der Waals surface area (Å²) in [4.78, 5) is 78.6. The fourth-order valence-electron chi connectivity index (χ4n) is 14.0. The van der Waals surface area contributed by atoms with Gasteiger partial charge in [0.05, 0.1) is 54.9 Å². The number of nitrogens with one attached hydrogen (secondary N) is 4. The van der Waals surface area contributed by atoms with Crippen molar-refractivity contribution in [2.24, 2.45) is 28.1 Å². The molecule has 17 nitrogen and oxygen atoms in total. The summed E-state index contributed by atoms with van der Waals surface area (Å²) < 4.78 is 38.3. The molecular formula is C52H66N4O13S. The van der Waals surface area contributed by atoms with Gasteiger partial charge in [-0.15, -0.1) is 0 Å². The van der Waals surface area contributed by atoms with Crippen LogP contribution in [0.3, 0.4) is 0 Å². The first kappa shape index (κ1) is 49.0. The standard InChI is InChI=1S/C52H66N4O13S/c1-29-34(13-10-16-40(58)54-22-24-64-23-21-53-39(57)15-9-8-14-35-41-33(28-70-35)55-47(62)56-41)66-38-26-49-37-25-36(48(2,3)4)50(49)43(44(60)68-46(50)69-52(49,45(61)67-37)51(29,38)63)65-27-30-17-19-32(20-18-30)42(59)31-11-6-5-7-12-31/h5-7,11-12,17-20,29,33-38,41,43,46,63H,8-10,13-16,21-28H2,1-4H3,(H,53,57)(H,54,58)(H2,55,56,62)/t29-,33+,34+,35+,36+,37+,38-,41+,43+,46-,49+,50-,51+,52+/m1/s1. The van der Waals surface area contributed by atoms with E-state index in [1.54, 1.807) is 36.4 Å². The monoisotopic (exact) mass is 986 g/mol. The number of fused-ring (bicyclic) bond motifs is 2. The number of aliphatic hydroxyl groups is 1. The van der Waals surface area contributed by atoms with Gasteiger partial charge in [-0.1, -0.05) is 88.7 Å². The molecule has 18 heteroatoms. The second kappa shape index (κ2) is 18.8. The van der Waals surface area contributed by atoms with Gasteiger partial charge in [0.25, 0.3) is 0 Å². The van der Waals surface area contributed by atoms with Gasteiger partial charge >= 0.3 is 18.0 Å². The first-order valence-corrected chi connectivity index (χ1v) is 26.2. The molecule has 4 amide bonds. The Morgan fingerprint density at radius 3 is 2.29 bits per heavy atom. The first-order valence-electron chi connectivity index (χ1n) is 25.1. The number of urea groups is 1. The van der Waals surface area contributed by atoms with Crippen LogP contribution in [0.25, 0.3) is 0 Å². The number of carbonyl (C=O) groups excluding carboxylic acids is 6. The molecule has 6 aliphatic heterocycles. The highest BCUT2D eigenvalue weighted by Gasteiger charge is 3.01. The third kappa shape index (κ3) is 7.67. The topological polar surface area (TPSA) is 226 Å². The number of carbonyl (C=O) groups is 6. The van der Waals surface area contributed by atoms with Crippen LogP contribution in [0.2, 0.25) is 0 Å². The van der Waals surface area contributed by atoms with E-state index in [1.807, 2.05) is 36.9 Å². The van der Waals surface area contributed by atoms with E-state index in [2.05, 4.69) is 42.0 Å². The fraction of sp³-hybridized carbons (Fsp3) is 0.654. The number of ether oxygens (including phenoxy) is 6. The molecule has 10 rings (SSSR count). The van der Waals surface area contributed by atoms with E-state index < -0.39 is 76.0 Å². The highest BCUT2D eigenvalue weighted by atomic mass is 32.2. The van der Waals surface area contributed by atoms with Crippen molar-refractivity contribution in [3.05, 3.63) is 71.3 Å². The summed E-state index contributed by atoms with van der Waals surface area (Å²) >= 11 is 1.87. The largest absolute Gasteiger partial charge is 0.459 e. The van der Waals surface area contributed by atoms with Crippen molar-refractivity contribution in [3.63, 3.8) is 0 Å². The lowest BCUT2D eigenvalue weighted by Gasteiger charge is -2.48. The number of amides is 4. The molecule has 2 aromatic rings. The minimum Gasteiger partial charge on any atom is -0.459 e. The number of rotatable bonds is 20. The summed E-state index contributed by atoms with van der Waals surface area (Å²) in [6, 6.07) is 16.4. The quantitative estimate of drug-likeness (QED) is 0.0546. The number of hydrogen-bond acceptors (Lipinski definition) is 14. The SMILES string of the molecule is C[C@@H]1[C@H](CCCC(=O)NCCOCCNC(=O)CCCC[C@@H]2SC[C@@H]3NC(=O)N[C@@H]32)O[C@@H]2C[C@]34[C@@H]5C[C@@H](C(C)(C)C)[C@@]36[C@H](OC(=O)[C@@H]6OCc3ccc(C(=O)c6ccccc6)cc3)O[C@]4(C(=O)O5)[C@]12O. The molecule has 14 atom stereocenters. The average molecular weight is 987 g/mol. The third-order valence-electron chi connectivity index (χ3n) is 17.0. The number of hydrogen-bond donors (Lipinski definition) is 5. The van der Waals surface area contributed by atoms with Crippen LogP contribution in [0.1, 0.15) is 107 Å². The molecule has 0 radical (unpaired) electrons. The Labute approximate surface area is 412 Å². The molecule has 2 aromatic carbocycles. The van der Waals surface area contributed by atoms with Crippen LogP contribution in [0.15, 0.2) is 54.6 Å². The second-order valence-corrected chi connectivity index (χ2v) is 22.9. The molecule has 8 fully saturated rings. The number of benzene rings is 2. The maximum Gasteiger partial charge on any atom is 0.342 e. The molecule has 378 valence electrons. The van der Waals surface area contributed by atoms with Crippen molar-refractivity contribution >= 4 is 47.3 Å². The van der Waals surface area contributed by atoms with Gasteiger partial charge in [-0.3, -0.25) is 14.4 Å². The van der Waals surface area contributed by atoms with Gasteiger partial charge in [-0.2, -0.15) is 11.8 Å². The number of esters is 2. The zero-order chi connectivity index (χ0) is 49.2. The lowest BCUT2D eigenvalue weighted by molar-refractivity contribution is -0.238. The molecule has 2 spiro atoms. The molecule has 6 heterocycles. The lowest BCUT2D eigenvalue weighted by Crippen LogP contribution is -2.66. The number of ketones is 1. The summed E-state index contributed by atoms with van der Waals surface area (Å²) in [6.07, 6.45) is 0.446. The molecule has 0 bridgehead atoms. The van der Waals surface area contributed by atoms with E-state index in [1.165, 1.54) is 0 Å². The number of unbranched alkanes of at least 4 members (excludes halogenated alkanes) is 1. The van der Waals surface area contributed by atoms with Crippen LogP contribution >= 0.6 is 11.8 Å². The second-order valence-electron chi connectivity index (χ2n) is 21.7. The molecule has 0 unspecified atom stereocenters. The zero-order valence-corrected chi connectivity index (χ0v) is 41.1. The van der Waals surface area contributed by atoms with Gasteiger partial charge in [0.2, 0.25) is 23.7 Å². The first-order chi connectivity index (χ1) is 33.6. The highest BCUT2D eigenvalue weighted by molar-refractivity contribution is 8.00. The smallest absolute Gasteiger partial charge is 0.342 e. The maximum atomic E-state index is 14.6. The Hall–Kier alpha value is -4.59. The van der Waals surface area contributed by atoms with E-state index in [9.17, 15) is 33.9 Å². The van der Waals surface area contributed by atoms with Crippen molar-refractivity contribution in [1.29, 1.82) is 0 Å². The van der Waals surface area contributed by atoms with Crippen LogP contribution in [-0.2, 0) is 54.2 Å². The minimum absolute atomic E-state index is 0.0156. The fourth-order valence-corrected chi connectivity index (χ4v) is 15.6. The molecule has 6 saturated heterocycles. The predicted molar refractivity (Wildman–Crippen MR) is 253 cm³/mol. The van der Waals surface area contributed by atoms with Gasteiger partial charge in [-0.05, 0) is 55.4 Å². The predicted octanol–water partition coefficient (Wildman–Crippen LogP) is 4.10. The van der Waals surface area contributed by atoms with Gasteiger partial charge in [-0.25, -0.2) is 14.4 Å².